The molecule has 1 unspecified atom stereocenters. The molecule has 0 aromatic carbocycles. The van der Waals surface area contributed by atoms with Crippen LogP contribution in [-0.2, 0) is 13.0 Å². The van der Waals surface area contributed by atoms with Crippen molar-refractivity contribution in [3.05, 3.63) is 28.3 Å². The molecule has 8 heteroatoms. The largest absolute Gasteiger partial charge is 0.328 e. The molecule has 0 bridgehead atoms. The molecular formula is C14H18N6O2. The van der Waals surface area contributed by atoms with E-state index in [4.69, 9.17) is 4.63 Å². The summed E-state index contributed by atoms with van der Waals surface area (Å²) in [6.07, 6.45) is 2.67. The lowest BCUT2D eigenvalue weighted by Crippen LogP contribution is -2.33. The number of carbonyl (C=O) groups is 1. The lowest BCUT2D eigenvalue weighted by atomic mass is 10.0. The molecule has 1 saturated heterocycles. The van der Waals surface area contributed by atoms with E-state index in [0.29, 0.717) is 5.69 Å². The van der Waals surface area contributed by atoms with E-state index >= 15 is 0 Å². The van der Waals surface area contributed by atoms with Gasteiger partial charge in [0.2, 0.25) is 0 Å². The molecule has 4 heterocycles. The van der Waals surface area contributed by atoms with E-state index in [1.54, 1.807) is 0 Å². The number of nitrogens with zero attached hydrogens (tertiary/aromatic N) is 4. The molecule has 2 aliphatic heterocycles. The Labute approximate surface area is 127 Å². The van der Waals surface area contributed by atoms with Crippen molar-refractivity contribution >= 4 is 5.91 Å². The van der Waals surface area contributed by atoms with Crippen molar-refractivity contribution in [1.82, 2.24) is 30.7 Å². The van der Waals surface area contributed by atoms with Gasteiger partial charge in [-0.1, -0.05) is 10.3 Å². The number of hydrogen-bond donors (Lipinski definition) is 2. The predicted octanol–water partition coefficient (Wildman–Crippen LogP) is 0.724. The third kappa shape index (κ3) is 2.02. The van der Waals surface area contributed by atoms with Gasteiger partial charge in [-0.05, 0) is 32.7 Å². The van der Waals surface area contributed by atoms with E-state index in [0.717, 1.165) is 61.5 Å². The highest BCUT2D eigenvalue weighted by molar-refractivity contribution is 5.94. The van der Waals surface area contributed by atoms with Crippen LogP contribution in [0.15, 0.2) is 4.63 Å². The van der Waals surface area contributed by atoms with E-state index in [9.17, 15) is 4.79 Å². The van der Waals surface area contributed by atoms with Crippen LogP contribution in [0.2, 0.25) is 0 Å². The van der Waals surface area contributed by atoms with Crippen LogP contribution in [-0.4, -0.2) is 44.4 Å². The topological polar surface area (TPSA) is 99.9 Å². The predicted molar refractivity (Wildman–Crippen MR) is 76.0 cm³/mol. The summed E-state index contributed by atoms with van der Waals surface area (Å²) in [6.45, 7) is 4.19. The minimum atomic E-state index is -0.0622. The van der Waals surface area contributed by atoms with E-state index in [1.807, 2.05) is 11.8 Å². The monoisotopic (exact) mass is 302 g/mol. The molecule has 2 N–H and O–H groups in total. The van der Waals surface area contributed by atoms with Crippen molar-refractivity contribution in [3.63, 3.8) is 0 Å². The van der Waals surface area contributed by atoms with Crippen molar-refractivity contribution in [2.45, 2.75) is 38.8 Å². The van der Waals surface area contributed by atoms with E-state index in [2.05, 4.69) is 25.8 Å². The van der Waals surface area contributed by atoms with Crippen LogP contribution in [0.25, 0.3) is 0 Å². The van der Waals surface area contributed by atoms with Gasteiger partial charge in [-0.25, -0.2) is 4.63 Å². The van der Waals surface area contributed by atoms with Gasteiger partial charge in [-0.15, -0.1) is 0 Å². The molecule has 22 heavy (non-hydrogen) atoms. The molecule has 1 amide bonds. The number of rotatable bonds is 2. The van der Waals surface area contributed by atoms with Gasteiger partial charge in [0, 0.05) is 18.7 Å². The van der Waals surface area contributed by atoms with Crippen LogP contribution in [0, 0.1) is 6.92 Å². The number of aromatic nitrogens is 4. The second-order valence-electron chi connectivity index (χ2n) is 5.85. The Morgan fingerprint density at radius 3 is 3.14 bits per heavy atom. The van der Waals surface area contributed by atoms with Gasteiger partial charge in [0.25, 0.3) is 5.91 Å². The third-order valence-electron chi connectivity index (χ3n) is 4.53. The summed E-state index contributed by atoms with van der Waals surface area (Å²) in [5.74, 6) is -0.0238. The molecule has 1 fully saturated rings. The van der Waals surface area contributed by atoms with Crippen molar-refractivity contribution in [2.75, 3.05) is 13.1 Å². The molecule has 0 radical (unpaired) electrons. The molecule has 4 rings (SSSR count). The zero-order valence-corrected chi connectivity index (χ0v) is 12.4. The third-order valence-corrected chi connectivity index (χ3v) is 4.53. The van der Waals surface area contributed by atoms with Gasteiger partial charge in [0.15, 0.2) is 5.69 Å². The molecular weight excluding hydrogens is 284 g/mol. The summed E-state index contributed by atoms with van der Waals surface area (Å²) in [6, 6.07) is -0.0622. The molecule has 2 aromatic heterocycles. The minimum Gasteiger partial charge on any atom is -0.328 e. The number of aryl methyl sites for hydroxylation is 1. The van der Waals surface area contributed by atoms with Gasteiger partial charge in [0.05, 0.1) is 11.7 Å². The molecule has 8 nitrogen and oxygen atoms in total. The summed E-state index contributed by atoms with van der Waals surface area (Å²) >= 11 is 0. The molecule has 2 aliphatic rings. The lowest BCUT2D eigenvalue weighted by Gasteiger charge is -2.23. The Balaban J connectivity index is 1.65. The number of likely N-dealkylation sites (tertiary alicyclic amines) is 1. The number of H-pyrrole nitrogens is 1. The Morgan fingerprint density at radius 1 is 1.41 bits per heavy atom. The molecule has 0 aliphatic carbocycles. The molecule has 1 atom stereocenters. The second kappa shape index (κ2) is 5.20. The van der Waals surface area contributed by atoms with Gasteiger partial charge >= 0.3 is 0 Å². The Bertz CT molecular complexity index is 706. The maximum absolute atomic E-state index is 12.9. The van der Waals surface area contributed by atoms with Crippen LogP contribution in [0.3, 0.4) is 0 Å². The van der Waals surface area contributed by atoms with Gasteiger partial charge in [-0.3, -0.25) is 9.89 Å². The molecule has 0 saturated carbocycles. The zero-order chi connectivity index (χ0) is 15.1. The summed E-state index contributed by atoms with van der Waals surface area (Å²) in [5, 5.41) is 18.3. The van der Waals surface area contributed by atoms with E-state index < -0.39 is 0 Å². The van der Waals surface area contributed by atoms with E-state index in [1.165, 1.54) is 0 Å². The van der Waals surface area contributed by atoms with Gasteiger partial charge in [0.1, 0.15) is 11.4 Å². The van der Waals surface area contributed by atoms with Crippen LogP contribution in [0.5, 0.6) is 0 Å². The Hall–Kier alpha value is -2.22. The number of hydrogen-bond acceptors (Lipinski definition) is 6. The molecule has 0 spiro atoms. The highest BCUT2D eigenvalue weighted by atomic mass is 16.6. The summed E-state index contributed by atoms with van der Waals surface area (Å²) in [7, 11) is 0. The zero-order valence-electron chi connectivity index (χ0n) is 12.4. The quantitative estimate of drug-likeness (QED) is 0.848. The first-order valence-corrected chi connectivity index (χ1v) is 7.62. The van der Waals surface area contributed by atoms with Crippen LogP contribution in [0.4, 0.5) is 0 Å². The standard InChI is InChI=1S/C14H18N6O2/c1-8-12(19-22-18-8)11-3-2-6-20(11)14(21)13-9-4-5-15-7-10(9)16-17-13/h11,15H,2-7H2,1H3,(H,16,17). The number of carbonyl (C=O) groups excluding carboxylic acids is 1. The maximum atomic E-state index is 12.9. The Morgan fingerprint density at radius 2 is 2.32 bits per heavy atom. The van der Waals surface area contributed by atoms with Crippen molar-refractivity contribution in [1.29, 1.82) is 0 Å². The Kier molecular flexibility index (Phi) is 3.18. The average molecular weight is 302 g/mol. The summed E-state index contributed by atoms with van der Waals surface area (Å²) < 4.78 is 4.80. The van der Waals surface area contributed by atoms with Crippen LogP contribution in [0.1, 0.15) is 52.0 Å². The number of amides is 1. The van der Waals surface area contributed by atoms with Gasteiger partial charge < -0.3 is 10.2 Å². The number of nitrogens with one attached hydrogen (secondary N) is 2. The average Bonchev–Trinajstić information content (AvgIpc) is 3.24. The fraction of sp³-hybridized carbons (Fsp3) is 0.571. The molecule has 2 aromatic rings. The maximum Gasteiger partial charge on any atom is 0.275 e. The first kappa shape index (κ1) is 13.4. The fourth-order valence-corrected chi connectivity index (χ4v) is 3.39. The number of aromatic amines is 1. The smallest absolute Gasteiger partial charge is 0.275 e. The van der Waals surface area contributed by atoms with Crippen LogP contribution >= 0.6 is 0 Å². The second-order valence-corrected chi connectivity index (χ2v) is 5.85. The first-order chi connectivity index (χ1) is 10.8. The van der Waals surface area contributed by atoms with E-state index in [-0.39, 0.29) is 11.9 Å². The van der Waals surface area contributed by atoms with Crippen molar-refractivity contribution < 1.29 is 9.42 Å². The SMILES string of the molecule is Cc1nonc1C1CCCN1C(=O)c1n[nH]c2c1CCNC2. The summed E-state index contributed by atoms with van der Waals surface area (Å²) in [4.78, 5) is 14.8. The summed E-state index contributed by atoms with van der Waals surface area (Å²) in [5.41, 5.74) is 4.13. The number of fused-ring (bicyclic) bond motifs is 1. The lowest BCUT2D eigenvalue weighted by molar-refractivity contribution is 0.0723. The van der Waals surface area contributed by atoms with Gasteiger partial charge in [-0.2, -0.15) is 5.10 Å². The highest BCUT2D eigenvalue weighted by Crippen LogP contribution is 2.33. The van der Waals surface area contributed by atoms with Crippen molar-refractivity contribution in [2.24, 2.45) is 0 Å². The molecule has 116 valence electrons. The minimum absolute atomic E-state index is 0.0238. The fourth-order valence-electron chi connectivity index (χ4n) is 3.39. The van der Waals surface area contributed by atoms with Crippen LogP contribution < -0.4 is 5.32 Å². The highest BCUT2D eigenvalue weighted by Gasteiger charge is 2.36. The van der Waals surface area contributed by atoms with Crippen molar-refractivity contribution in [3.8, 4) is 0 Å². The normalized spacial score (nSPS) is 21.1. The first-order valence-electron chi connectivity index (χ1n) is 7.62.